The number of anilines is 1. The van der Waals surface area contributed by atoms with Crippen LogP contribution in [0.15, 0.2) is 60.8 Å². The van der Waals surface area contributed by atoms with E-state index < -0.39 is 23.3 Å². The molecule has 3 aromatic rings. The molecule has 1 heterocycles. The molecule has 2 N–H and O–H groups in total. The van der Waals surface area contributed by atoms with Gasteiger partial charge < -0.3 is 15.4 Å². The van der Waals surface area contributed by atoms with E-state index in [1.807, 2.05) is 12.1 Å². The molecule has 1 fully saturated rings. The minimum atomic E-state index is -4.82. The van der Waals surface area contributed by atoms with Gasteiger partial charge in [0.2, 0.25) is 5.91 Å². The third kappa shape index (κ3) is 7.49. The number of para-hydroxylation sites is 1. The summed E-state index contributed by atoms with van der Waals surface area (Å²) in [5.41, 5.74) is 0.215. The van der Waals surface area contributed by atoms with E-state index >= 15 is 0 Å². The summed E-state index contributed by atoms with van der Waals surface area (Å²) < 4.78 is 46.3. The molecule has 212 valence electrons. The van der Waals surface area contributed by atoms with Crippen molar-refractivity contribution in [3.05, 3.63) is 77.6 Å². The second-order valence-corrected chi connectivity index (χ2v) is 9.84. The van der Waals surface area contributed by atoms with Crippen LogP contribution in [0.3, 0.4) is 0 Å². The highest BCUT2D eigenvalue weighted by Crippen LogP contribution is 2.37. The molecule has 0 unspecified atom stereocenters. The fraction of sp³-hybridized carbons (Fsp3) is 0.379. The smallest absolute Gasteiger partial charge is 0.435 e. The maximum Gasteiger partial charge on any atom is 0.435 e. The average molecular weight is 557 g/mol. The van der Waals surface area contributed by atoms with Gasteiger partial charge in [-0.25, -0.2) is 4.68 Å². The van der Waals surface area contributed by atoms with Crippen molar-refractivity contribution in [3.8, 4) is 5.69 Å². The molecule has 0 saturated heterocycles. The fourth-order valence-corrected chi connectivity index (χ4v) is 4.93. The zero-order valence-electron chi connectivity index (χ0n) is 22.0. The van der Waals surface area contributed by atoms with E-state index in [0.29, 0.717) is 29.6 Å². The van der Waals surface area contributed by atoms with E-state index in [4.69, 9.17) is 4.74 Å². The first-order valence-electron chi connectivity index (χ1n) is 13.1. The number of ether oxygens (including phenoxy) is 1. The maximum absolute atomic E-state index is 13.5. The van der Waals surface area contributed by atoms with Crippen molar-refractivity contribution < 1.29 is 32.3 Å². The summed E-state index contributed by atoms with van der Waals surface area (Å²) in [6.45, 7) is -0.147. The molecule has 1 aliphatic carbocycles. The van der Waals surface area contributed by atoms with Gasteiger partial charge in [0.1, 0.15) is 0 Å². The summed E-state index contributed by atoms with van der Waals surface area (Å²) in [4.78, 5) is 36.4. The zero-order valence-corrected chi connectivity index (χ0v) is 22.0. The summed E-state index contributed by atoms with van der Waals surface area (Å²) in [5.74, 6) is -0.779. The van der Waals surface area contributed by atoms with Crippen LogP contribution >= 0.6 is 0 Å². The molecule has 40 heavy (non-hydrogen) atoms. The molecule has 8 nitrogen and oxygen atoms in total. The van der Waals surface area contributed by atoms with Gasteiger partial charge in [0.05, 0.1) is 18.4 Å². The Kier molecular flexibility index (Phi) is 9.23. The molecule has 2 aromatic carbocycles. The molecule has 0 radical (unpaired) electrons. The van der Waals surface area contributed by atoms with E-state index in [1.165, 1.54) is 12.7 Å². The second kappa shape index (κ2) is 12.8. The Hall–Kier alpha value is -4.15. The highest BCUT2D eigenvalue weighted by Gasteiger charge is 2.39. The minimum absolute atomic E-state index is 0.119. The number of esters is 1. The lowest BCUT2D eigenvalue weighted by Crippen LogP contribution is -2.29. The van der Waals surface area contributed by atoms with E-state index in [-0.39, 0.29) is 24.8 Å². The number of carbonyl (C=O) groups is 3. The molecule has 11 heteroatoms. The van der Waals surface area contributed by atoms with Crippen LogP contribution in [-0.4, -0.2) is 41.2 Å². The quantitative estimate of drug-likeness (QED) is 0.340. The second-order valence-electron chi connectivity index (χ2n) is 9.84. The number of nitrogens with one attached hydrogen (secondary N) is 2. The van der Waals surface area contributed by atoms with Gasteiger partial charge in [0.25, 0.3) is 5.91 Å². The van der Waals surface area contributed by atoms with Crippen molar-refractivity contribution in [1.29, 1.82) is 0 Å². The Morgan fingerprint density at radius 3 is 2.30 bits per heavy atom. The van der Waals surface area contributed by atoms with Gasteiger partial charge in [-0.3, -0.25) is 14.4 Å². The van der Waals surface area contributed by atoms with Gasteiger partial charge in [-0.15, -0.1) is 0 Å². The summed E-state index contributed by atoms with van der Waals surface area (Å²) in [7, 11) is 1.40. The van der Waals surface area contributed by atoms with Crippen molar-refractivity contribution in [2.24, 2.45) is 5.92 Å². The maximum atomic E-state index is 13.5. The third-order valence-corrected chi connectivity index (χ3v) is 7.08. The van der Waals surface area contributed by atoms with Gasteiger partial charge in [-0.2, -0.15) is 18.3 Å². The molecule has 2 amide bonds. The normalized spacial score (nSPS) is 17.2. The number of rotatable bonds is 9. The average Bonchev–Trinajstić information content (AvgIpc) is 3.41. The van der Waals surface area contributed by atoms with E-state index in [0.717, 1.165) is 36.6 Å². The van der Waals surface area contributed by atoms with Crippen LogP contribution in [0.1, 0.15) is 66.1 Å². The third-order valence-electron chi connectivity index (χ3n) is 7.08. The molecule has 1 saturated carbocycles. The van der Waals surface area contributed by atoms with Crippen LogP contribution in [-0.2, 0) is 20.5 Å². The Balaban J connectivity index is 1.26. The number of methoxy groups -OCH3 is 1. The lowest BCUT2D eigenvalue weighted by molar-refractivity contribution is -0.142. The summed E-state index contributed by atoms with van der Waals surface area (Å²) in [6.07, 6.45) is 0.421. The number of hydrogen-bond acceptors (Lipinski definition) is 5. The number of halogens is 3. The van der Waals surface area contributed by atoms with Gasteiger partial charge in [-0.05, 0) is 67.3 Å². The largest absolute Gasteiger partial charge is 0.469 e. The van der Waals surface area contributed by atoms with E-state index in [1.54, 1.807) is 42.5 Å². The van der Waals surface area contributed by atoms with Crippen LogP contribution in [0.4, 0.5) is 18.9 Å². The topological polar surface area (TPSA) is 102 Å². The van der Waals surface area contributed by atoms with Crippen molar-refractivity contribution in [1.82, 2.24) is 15.1 Å². The number of aromatic nitrogens is 2. The molecule has 0 atom stereocenters. The zero-order chi connectivity index (χ0) is 28.7. The number of amides is 2. The first-order chi connectivity index (χ1) is 19.1. The highest BCUT2D eigenvalue weighted by atomic mass is 19.4. The Morgan fingerprint density at radius 1 is 1.00 bits per heavy atom. The van der Waals surface area contributed by atoms with Crippen molar-refractivity contribution >= 4 is 23.5 Å². The number of alkyl halides is 3. The molecule has 0 spiro atoms. The SMILES string of the molecule is COC(=O)CC1CCC(c2ccc(NC(=O)CCNC(=O)c3cn(-c4ccccc4)nc3C(F)(F)F)cc2)CC1. The van der Waals surface area contributed by atoms with Crippen LogP contribution in [0.25, 0.3) is 5.69 Å². The molecular weight excluding hydrogens is 525 g/mol. The van der Waals surface area contributed by atoms with Crippen LogP contribution in [0.5, 0.6) is 0 Å². The van der Waals surface area contributed by atoms with E-state index in [9.17, 15) is 27.6 Å². The number of carbonyl (C=O) groups excluding carboxylic acids is 3. The van der Waals surface area contributed by atoms with Crippen molar-refractivity contribution in [3.63, 3.8) is 0 Å². The van der Waals surface area contributed by atoms with Gasteiger partial charge in [-0.1, -0.05) is 30.3 Å². The molecular formula is C29H31F3N4O4. The van der Waals surface area contributed by atoms with Crippen LogP contribution in [0.2, 0.25) is 0 Å². The van der Waals surface area contributed by atoms with Crippen molar-refractivity contribution in [2.75, 3.05) is 19.0 Å². The van der Waals surface area contributed by atoms with Crippen LogP contribution < -0.4 is 10.6 Å². The number of hydrogen-bond donors (Lipinski definition) is 2. The van der Waals surface area contributed by atoms with Crippen LogP contribution in [0, 0.1) is 5.92 Å². The lowest BCUT2D eigenvalue weighted by Gasteiger charge is -2.28. The molecule has 4 rings (SSSR count). The lowest BCUT2D eigenvalue weighted by atomic mass is 9.77. The number of nitrogens with zero attached hydrogens (tertiary/aromatic N) is 2. The molecule has 0 aliphatic heterocycles. The monoisotopic (exact) mass is 556 g/mol. The van der Waals surface area contributed by atoms with Gasteiger partial charge >= 0.3 is 12.1 Å². The predicted octanol–water partition coefficient (Wildman–Crippen LogP) is 5.49. The molecule has 0 bridgehead atoms. The molecule has 1 aromatic heterocycles. The first kappa shape index (κ1) is 28.8. The fourth-order valence-electron chi connectivity index (χ4n) is 4.93. The Labute approximate surface area is 229 Å². The first-order valence-corrected chi connectivity index (χ1v) is 13.1. The Bertz CT molecular complexity index is 1320. The summed E-state index contributed by atoms with van der Waals surface area (Å²) in [6, 6.07) is 15.7. The standard InChI is InChI=1S/C29H31F3N4O4/c1-40-26(38)17-19-7-9-20(10-8-19)21-11-13-22(14-12-21)34-25(37)15-16-33-28(39)24-18-36(23-5-3-2-4-6-23)35-27(24)29(30,31)32/h2-6,11-14,18-20H,7-10,15-17H2,1H3,(H,33,39)(H,34,37). The van der Waals surface area contributed by atoms with Gasteiger partial charge in [0.15, 0.2) is 5.69 Å². The summed E-state index contributed by atoms with van der Waals surface area (Å²) >= 11 is 0. The molecule has 1 aliphatic rings. The van der Waals surface area contributed by atoms with Crippen molar-refractivity contribution in [2.45, 2.75) is 50.6 Å². The predicted molar refractivity (Wildman–Crippen MR) is 142 cm³/mol. The van der Waals surface area contributed by atoms with E-state index in [2.05, 4.69) is 15.7 Å². The highest BCUT2D eigenvalue weighted by molar-refractivity contribution is 5.96. The minimum Gasteiger partial charge on any atom is -0.469 e. The summed E-state index contributed by atoms with van der Waals surface area (Å²) in [5, 5.41) is 8.69. The number of benzene rings is 2. The Morgan fingerprint density at radius 2 is 1.68 bits per heavy atom. The van der Waals surface area contributed by atoms with Gasteiger partial charge in [0, 0.05) is 31.3 Å².